The number of carbonyl (C=O) groups excluding carboxylic acids is 2. The molecule has 2 rings (SSSR count). The quantitative estimate of drug-likeness (QED) is 0.283. The van der Waals surface area contributed by atoms with Crippen LogP contribution in [0.2, 0.25) is 0 Å². The molecule has 2 aromatic rings. The van der Waals surface area contributed by atoms with Crippen LogP contribution in [-0.2, 0) is 22.3 Å². The van der Waals surface area contributed by atoms with Crippen LogP contribution in [0.1, 0.15) is 15.9 Å². The molecule has 10 heteroatoms. The van der Waals surface area contributed by atoms with Gasteiger partial charge in [0.25, 0.3) is 11.6 Å². The summed E-state index contributed by atoms with van der Waals surface area (Å²) in [6.45, 7) is -0.368. The first kappa shape index (κ1) is 19.4. The summed E-state index contributed by atoms with van der Waals surface area (Å²) in [5.74, 6) is -1.42. The first-order valence-electron chi connectivity index (χ1n) is 7.20. The van der Waals surface area contributed by atoms with E-state index in [1.165, 1.54) is 0 Å². The van der Waals surface area contributed by atoms with E-state index in [9.17, 15) is 25.8 Å². The smallest absolute Gasteiger partial charge is 0.347 e. The first-order chi connectivity index (χ1) is 12.4. The Hall–Kier alpha value is -2.89. The number of carbonyl (C=O) groups is 2. The maximum atomic E-state index is 12.0. The fourth-order valence-electron chi connectivity index (χ4n) is 1.96. The highest BCUT2D eigenvalue weighted by molar-refractivity contribution is 14.2. The molecule has 0 fully saturated rings. The highest BCUT2D eigenvalue weighted by Gasteiger charge is 2.20. The SMILES string of the molecule is O=C(CNC(=O)c1ccc([N+](=O)[O-])c(I(=O)=O)c1)OCc1ccccc1. The van der Waals surface area contributed by atoms with Crippen LogP contribution in [-0.4, -0.2) is 23.3 Å². The molecule has 1 amide bonds. The predicted molar refractivity (Wildman–Crippen MR) is 95.8 cm³/mol. The van der Waals surface area contributed by atoms with Crippen molar-refractivity contribution in [1.82, 2.24) is 5.32 Å². The van der Waals surface area contributed by atoms with E-state index >= 15 is 0 Å². The van der Waals surface area contributed by atoms with Crippen molar-refractivity contribution in [2.24, 2.45) is 0 Å². The third kappa shape index (κ3) is 5.31. The number of hydrogen-bond acceptors (Lipinski definition) is 7. The first-order valence-corrected chi connectivity index (χ1v) is 10.0. The van der Waals surface area contributed by atoms with Crippen molar-refractivity contribution >= 4 is 37.4 Å². The van der Waals surface area contributed by atoms with E-state index < -0.39 is 52.4 Å². The topological polar surface area (TPSA) is 133 Å². The number of nitro groups is 1. The van der Waals surface area contributed by atoms with Crippen molar-refractivity contribution in [3.05, 3.63) is 73.3 Å². The molecule has 0 radical (unpaired) electrons. The number of esters is 1. The average molecular weight is 472 g/mol. The Bertz CT molecular complexity index is 902. The monoisotopic (exact) mass is 472 g/mol. The van der Waals surface area contributed by atoms with Gasteiger partial charge in [0.05, 0.1) is 4.92 Å². The molecule has 0 aliphatic rings. The average Bonchev–Trinajstić information content (AvgIpc) is 2.64. The number of ether oxygens (including phenoxy) is 1. The highest BCUT2D eigenvalue weighted by Crippen LogP contribution is 2.28. The Kier molecular flexibility index (Phi) is 6.72. The summed E-state index contributed by atoms with van der Waals surface area (Å²) in [6.07, 6.45) is 0. The van der Waals surface area contributed by atoms with Gasteiger partial charge >= 0.3 is 25.8 Å². The van der Waals surface area contributed by atoms with Gasteiger partial charge in [-0.1, -0.05) is 30.3 Å². The number of hydrogen-bond donors (Lipinski definition) is 1. The molecular formula is C16H13IN2O7. The number of rotatable bonds is 7. The molecule has 0 heterocycles. The lowest BCUT2D eigenvalue weighted by atomic mass is 10.2. The van der Waals surface area contributed by atoms with Gasteiger partial charge < -0.3 is 10.1 Å². The molecule has 136 valence electrons. The lowest BCUT2D eigenvalue weighted by Crippen LogP contribution is -2.30. The molecule has 1 N–H and O–H groups in total. The number of halogens is 1. The number of nitro benzene ring substituents is 1. The van der Waals surface area contributed by atoms with Crippen LogP contribution in [0.3, 0.4) is 0 Å². The summed E-state index contributed by atoms with van der Waals surface area (Å²) in [7, 11) is 0. The maximum Gasteiger partial charge on any atom is 0.347 e. The van der Waals surface area contributed by atoms with Gasteiger partial charge in [0.15, 0.2) is 3.57 Å². The minimum absolute atomic E-state index is 0.0532. The van der Waals surface area contributed by atoms with Crippen LogP contribution in [0.5, 0.6) is 0 Å². The molecule has 0 bridgehead atoms. The molecule has 0 spiro atoms. The van der Waals surface area contributed by atoms with Crippen LogP contribution >= 0.6 is 19.8 Å². The molecular weight excluding hydrogens is 459 g/mol. The number of benzene rings is 2. The Morgan fingerprint density at radius 3 is 2.42 bits per heavy atom. The Morgan fingerprint density at radius 2 is 1.81 bits per heavy atom. The molecule has 26 heavy (non-hydrogen) atoms. The Balaban J connectivity index is 1.96. The Labute approximate surface area is 154 Å². The number of nitrogens with one attached hydrogen (secondary N) is 1. The molecule has 9 nitrogen and oxygen atoms in total. The summed E-state index contributed by atoms with van der Waals surface area (Å²) in [6, 6.07) is 11.9. The zero-order chi connectivity index (χ0) is 19.1. The van der Waals surface area contributed by atoms with Crippen LogP contribution in [0, 0.1) is 13.7 Å². The molecule has 2 aromatic carbocycles. The van der Waals surface area contributed by atoms with Crippen LogP contribution in [0.4, 0.5) is 5.69 Å². The van der Waals surface area contributed by atoms with Gasteiger partial charge in [0.1, 0.15) is 13.2 Å². The fraction of sp³-hybridized carbons (Fsp3) is 0.125. The van der Waals surface area contributed by atoms with Gasteiger partial charge in [-0.05, 0) is 17.7 Å². The van der Waals surface area contributed by atoms with Gasteiger partial charge in [-0.3, -0.25) is 19.7 Å². The number of amides is 1. The normalized spacial score (nSPS) is 10.3. The highest BCUT2D eigenvalue weighted by atomic mass is 127. The van der Waals surface area contributed by atoms with E-state index in [0.717, 1.165) is 23.8 Å². The second-order valence-corrected chi connectivity index (χ2v) is 7.37. The zero-order valence-corrected chi connectivity index (χ0v) is 15.4. The van der Waals surface area contributed by atoms with E-state index in [-0.39, 0.29) is 12.2 Å². The third-order valence-corrected chi connectivity index (χ3v) is 5.02. The van der Waals surface area contributed by atoms with Crippen molar-refractivity contribution in [3.8, 4) is 0 Å². The van der Waals surface area contributed by atoms with E-state index in [4.69, 9.17) is 4.74 Å². The second kappa shape index (κ2) is 8.99. The largest absolute Gasteiger partial charge is 0.460 e. The van der Waals surface area contributed by atoms with E-state index in [2.05, 4.69) is 5.32 Å². The molecule has 0 saturated heterocycles. The van der Waals surface area contributed by atoms with E-state index in [1.807, 2.05) is 6.07 Å². The second-order valence-electron chi connectivity index (χ2n) is 4.97. The fourth-order valence-corrected chi connectivity index (χ4v) is 3.38. The van der Waals surface area contributed by atoms with Gasteiger partial charge in [0.2, 0.25) is 0 Å². The van der Waals surface area contributed by atoms with Crippen molar-refractivity contribution in [2.45, 2.75) is 6.61 Å². The maximum absolute atomic E-state index is 12.0. The van der Waals surface area contributed by atoms with Gasteiger partial charge in [-0.25, -0.2) is 6.14 Å². The molecule has 0 unspecified atom stereocenters. The third-order valence-electron chi connectivity index (χ3n) is 3.21. The predicted octanol–water partition coefficient (Wildman–Crippen LogP) is 2.44. The van der Waals surface area contributed by atoms with Crippen LogP contribution < -0.4 is 5.32 Å². The van der Waals surface area contributed by atoms with Crippen molar-refractivity contribution in [2.75, 3.05) is 6.54 Å². The summed E-state index contributed by atoms with van der Waals surface area (Å²) >= 11 is -4.17. The summed E-state index contributed by atoms with van der Waals surface area (Å²) in [4.78, 5) is 33.6. The lowest BCUT2D eigenvalue weighted by molar-refractivity contribution is -0.385. The number of nitrogens with zero attached hydrogens (tertiary/aromatic N) is 1. The Morgan fingerprint density at radius 1 is 1.12 bits per heavy atom. The van der Waals surface area contributed by atoms with Crippen molar-refractivity contribution < 1.29 is 25.4 Å². The molecule has 0 aromatic heterocycles. The van der Waals surface area contributed by atoms with Gasteiger partial charge in [-0.2, -0.15) is 0 Å². The molecule has 0 aliphatic carbocycles. The van der Waals surface area contributed by atoms with Gasteiger partial charge in [-0.15, -0.1) is 0 Å². The minimum Gasteiger partial charge on any atom is -0.460 e. The van der Waals surface area contributed by atoms with E-state index in [0.29, 0.717) is 0 Å². The molecule has 0 saturated carbocycles. The summed E-state index contributed by atoms with van der Waals surface area (Å²) in [5, 5.41) is 13.1. The molecule has 0 atom stereocenters. The standard InChI is InChI=1S/C16H13IN2O7/c20-15(26-10-11-4-2-1-3-5-11)9-18-16(21)12-6-7-14(19(24)25)13(8-12)17(22)23/h1-8H,9-10H2,(H,18,21). The van der Waals surface area contributed by atoms with E-state index in [1.54, 1.807) is 24.3 Å². The van der Waals surface area contributed by atoms with Crippen LogP contribution in [0.25, 0.3) is 0 Å². The summed E-state index contributed by atoms with van der Waals surface area (Å²) in [5.41, 5.74) is 0.101. The van der Waals surface area contributed by atoms with Crippen molar-refractivity contribution in [1.29, 1.82) is 0 Å². The van der Waals surface area contributed by atoms with Crippen molar-refractivity contribution in [3.63, 3.8) is 0 Å². The van der Waals surface area contributed by atoms with Gasteiger partial charge in [0, 0.05) is 11.6 Å². The minimum atomic E-state index is -4.17. The molecule has 0 aliphatic heterocycles. The summed E-state index contributed by atoms with van der Waals surface area (Å²) < 4.78 is 26.9. The zero-order valence-electron chi connectivity index (χ0n) is 13.2. The lowest BCUT2D eigenvalue weighted by Gasteiger charge is -2.07. The van der Waals surface area contributed by atoms with Crippen LogP contribution in [0.15, 0.2) is 48.5 Å².